The van der Waals surface area contributed by atoms with Gasteiger partial charge in [-0.15, -0.1) is 11.3 Å². The Morgan fingerprint density at radius 1 is 1.44 bits per heavy atom. The summed E-state index contributed by atoms with van der Waals surface area (Å²) in [5.74, 6) is 0. The average Bonchev–Trinajstić information content (AvgIpc) is 2.66. The molecule has 1 N–H and O–H groups in total. The van der Waals surface area contributed by atoms with E-state index in [9.17, 15) is 5.11 Å². The lowest BCUT2D eigenvalue weighted by Gasteiger charge is -1.99. The minimum absolute atomic E-state index is 0.413. The van der Waals surface area contributed by atoms with Crippen molar-refractivity contribution < 1.29 is 5.11 Å². The molecule has 0 aliphatic rings. The number of hydrogen-bond donors (Lipinski definition) is 1. The Hall–Kier alpha value is -1.19. The Bertz CT molecular complexity index is 476. The summed E-state index contributed by atoms with van der Waals surface area (Å²) in [6.07, 6.45) is 2.20. The van der Waals surface area contributed by atoms with Crippen molar-refractivity contribution in [1.82, 2.24) is 4.98 Å². The molecule has 0 aliphatic heterocycles. The second-order valence-electron chi connectivity index (χ2n) is 4.00. The normalized spacial score (nSPS) is 12.7. The maximum Gasteiger partial charge on any atom is 0.0972 e. The number of aromatic nitrogens is 1. The van der Waals surface area contributed by atoms with Gasteiger partial charge in [0.15, 0.2) is 0 Å². The zero-order valence-corrected chi connectivity index (χ0v) is 10.3. The van der Waals surface area contributed by atoms with E-state index in [1.54, 1.807) is 24.5 Å². The molecule has 1 aromatic heterocycles. The van der Waals surface area contributed by atoms with Gasteiger partial charge in [-0.05, 0) is 19.4 Å². The molecular weight excluding hydrogens is 218 g/mol. The standard InChI is InChI=1S/C13H15NOS/c1-9-4-3-5-11(6-9)7-13-14-8-12(16-13)10(2)15/h3-6,8,10,15H,7H2,1-2H3. The van der Waals surface area contributed by atoms with Gasteiger partial charge in [-0.2, -0.15) is 0 Å². The molecule has 0 saturated carbocycles. The number of aliphatic hydroxyl groups is 1. The summed E-state index contributed by atoms with van der Waals surface area (Å²) in [5, 5.41) is 10.5. The highest BCUT2D eigenvalue weighted by Gasteiger charge is 2.07. The molecule has 1 heterocycles. The molecular formula is C13H15NOS. The van der Waals surface area contributed by atoms with Crippen molar-refractivity contribution in [2.45, 2.75) is 26.4 Å². The summed E-state index contributed by atoms with van der Waals surface area (Å²) in [6.45, 7) is 3.86. The third kappa shape index (κ3) is 2.68. The first kappa shape index (κ1) is 11.3. The van der Waals surface area contributed by atoms with Gasteiger partial charge >= 0.3 is 0 Å². The predicted molar refractivity (Wildman–Crippen MR) is 66.7 cm³/mol. The van der Waals surface area contributed by atoms with E-state index in [2.05, 4.69) is 36.2 Å². The topological polar surface area (TPSA) is 33.1 Å². The minimum Gasteiger partial charge on any atom is -0.388 e. The summed E-state index contributed by atoms with van der Waals surface area (Å²) in [6, 6.07) is 8.43. The second-order valence-corrected chi connectivity index (χ2v) is 5.14. The van der Waals surface area contributed by atoms with E-state index in [1.807, 2.05) is 0 Å². The fourth-order valence-corrected chi connectivity index (χ4v) is 2.49. The van der Waals surface area contributed by atoms with Crippen molar-refractivity contribution in [2.24, 2.45) is 0 Å². The Morgan fingerprint density at radius 2 is 2.25 bits per heavy atom. The molecule has 0 saturated heterocycles. The van der Waals surface area contributed by atoms with Crippen LogP contribution in [0.4, 0.5) is 0 Å². The second kappa shape index (κ2) is 4.76. The molecule has 1 atom stereocenters. The molecule has 0 spiro atoms. The molecule has 0 aliphatic carbocycles. The van der Waals surface area contributed by atoms with Crippen molar-refractivity contribution in [3.8, 4) is 0 Å². The van der Waals surface area contributed by atoms with Crippen LogP contribution in [0.3, 0.4) is 0 Å². The van der Waals surface area contributed by atoms with Crippen LogP contribution >= 0.6 is 11.3 Å². The molecule has 2 aromatic rings. The van der Waals surface area contributed by atoms with Crippen LogP contribution < -0.4 is 0 Å². The fraction of sp³-hybridized carbons (Fsp3) is 0.308. The van der Waals surface area contributed by atoms with Gasteiger partial charge in [0.2, 0.25) is 0 Å². The van der Waals surface area contributed by atoms with E-state index in [0.29, 0.717) is 0 Å². The fourth-order valence-electron chi connectivity index (χ4n) is 1.60. The van der Waals surface area contributed by atoms with Crippen molar-refractivity contribution in [3.63, 3.8) is 0 Å². The first-order chi connectivity index (χ1) is 7.65. The number of aliphatic hydroxyl groups excluding tert-OH is 1. The van der Waals surface area contributed by atoms with E-state index in [-0.39, 0.29) is 0 Å². The quantitative estimate of drug-likeness (QED) is 0.883. The lowest BCUT2D eigenvalue weighted by atomic mass is 10.1. The van der Waals surface area contributed by atoms with Gasteiger partial charge in [-0.3, -0.25) is 0 Å². The molecule has 2 nitrogen and oxygen atoms in total. The van der Waals surface area contributed by atoms with Crippen LogP contribution in [0.15, 0.2) is 30.5 Å². The Labute approximate surface area is 99.6 Å². The van der Waals surface area contributed by atoms with Gasteiger partial charge in [0.05, 0.1) is 16.0 Å². The Kier molecular flexibility index (Phi) is 3.36. The van der Waals surface area contributed by atoms with Crippen LogP contribution in [0.2, 0.25) is 0 Å². The largest absolute Gasteiger partial charge is 0.388 e. The van der Waals surface area contributed by atoms with E-state index in [1.165, 1.54) is 11.1 Å². The summed E-state index contributed by atoms with van der Waals surface area (Å²) >= 11 is 1.58. The van der Waals surface area contributed by atoms with E-state index >= 15 is 0 Å². The van der Waals surface area contributed by atoms with Crippen molar-refractivity contribution in [2.75, 3.05) is 0 Å². The van der Waals surface area contributed by atoms with Gasteiger partial charge in [0.25, 0.3) is 0 Å². The van der Waals surface area contributed by atoms with Crippen LogP contribution in [0, 0.1) is 6.92 Å². The minimum atomic E-state index is -0.413. The summed E-state index contributed by atoms with van der Waals surface area (Å²) in [4.78, 5) is 5.25. The maximum atomic E-state index is 9.42. The summed E-state index contributed by atoms with van der Waals surface area (Å²) in [7, 11) is 0. The van der Waals surface area contributed by atoms with Gasteiger partial charge < -0.3 is 5.11 Å². The number of aryl methyl sites for hydroxylation is 1. The molecule has 1 aromatic carbocycles. The monoisotopic (exact) mass is 233 g/mol. The number of benzene rings is 1. The van der Waals surface area contributed by atoms with Gasteiger partial charge in [-0.25, -0.2) is 4.98 Å². The molecule has 0 fully saturated rings. The van der Waals surface area contributed by atoms with Gasteiger partial charge in [-0.1, -0.05) is 29.8 Å². The zero-order chi connectivity index (χ0) is 11.5. The molecule has 3 heteroatoms. The SMILES string of the molecule is Cc1cccc(Cc2ncc(C(C)O)s2)c1. The highest BCUT2D eigenvalue weighted by molar-refractivity contribution is 7.11. The molecule has 84 valence electrons. The van der Waals surface area contributed by atoms with E-state index in [0.717, 1.165) is 16.3 Å². The third-order valence-electron chi connectivity index (χ3n) is 2.42. The van der Waals surface area contributed by atoms with Crippen molar-refractivity contribution in [1.29, 1.82) is 0 Å². The predicted octanol–water partition coefficient (Wildman–Crippen LogP) is 3.10. The Balaban J connectivity index is 2.14. The van der Waals surface area contributed by atoms with Crippen molar-refractivity contribution >= 4 is 11.3 Å². The lowest BCUT2D eigenvalue weighted by Crippen LogP contribution is -1.86. The van der Waals surface area contributed by atoms with Crippen LogP contribution in [0.1, 0.15) is 34.0 Å². The third-order valence-corrected chi connectivity index (χ3v) is 3.59. The van der Waals surface area contributed by atoms with Crippen LogP contribution in [0.5, 0.6) is 0 Å². The summed E-state index contributed by atoms with van der Waals surface area (Å²) < 4.78 is 0. The maximum absolute atomic E-state index is 9.42. The van der Waals surface area contributed by atoms with Crippen LogP contribution in [0.25, 0.3) is 0 Å². The summed E-state index contributed by atoms with van der Waals surface area (Å²) in [5.41, 5.74) is 2.54. The number of thiazole rings is 1. The first-order valence-corrected chi connectivity index (χ1v) is 6.15. The molecule has 0 bridgehead atoms. The number of rotatable bonds is 3. The number of nitrogens with zero attached hydrogens (tertiary/aromatic N) is 1. The smallest absolute Gasteiger partial charge is 0.0972 e. The average molecular weight is 233 g/mol. The number of hydrogen-bond acceptors (Lipinski definition) is 3. The van der Waals surface area contributed by atoms with Crippen molar-refractivity contribution in [3.05, 3.63) is 51.5 Å². The first-order valence-electron chi connectivity index (χ1n) is 5.33. The van der Waals surface area contributed by atoms with Gasteiger partial charge in [0.1, 0.15) is 0 Å². The highest BCUT2D eigenvalue weighted by Crippen LogP contribution is 2.22. The molecule has 0 radical (unpaired) electrons. The van der Waals surface area contributed by atoms with Gasteiger partial charge in [0, 0.05) is 12.6 Å². The highest BCUT2D eigenvalue weighted by atomic mass is 32.1. The molecule has 1 unspecified atom stereocenters. The van der Waals surface area contributed by atoms with E-state index < -0.39 is 6.10 Å². The van der Waals surface area contributed by atoms with E-state index in [4.69, 9.17) is 0 Å². The zero-order valence-electron chi connectivity index (χ0n) is 9.47. The molecule has 0 amide bonds. The van der Waals surface area contributed by atoms with Crippen LogP contribution in [-0.4, -0.2) is 10.1 Å². The molecule has 2 rings (SSSR count). The van der Waals surface area contributed by atoms with Crippen LogP contribution in [-0.2, 0) is 6.42 Å². The lowest BCUT2D eigenvalue weighted by molar-refractivity contribution is 0.203. The molecule has 16 heavy (non-hydrogen) atoms. The Morgan fingerprint density at radius 3 is 2.88 bits per heavy atom.